The third kappa shape index (κ3) is 4.17. The SMILES string of the molecule is Cc1cc(NC(=O)COC(=O)c2cccnc2N2CCOCC2)n(C)n1. The quantitative estimate of drug-likeness (QED) is 0.787. The lowest BCUT2D eigenvalue weighted by Crippen LogP contribution is -2.37. The number of hydrogen-bond donors (Lipinski definition) is 1. The fourth-order valence-corrected chi connectivity index (χ4v) is 2.70. The number of nitrogens with zero attached hydrogens (tertiary/aromatic N) is 4. The highest BCUT2D eigenvalue weighted by molar-refractivity contribution is 5.97. The molecule has 26 heavy (non-hydrogen) atoms. The summed E-state index contributed by atoms with van der Waals surface area (Å²) in [6.45, 7) is 3.90. The fraction of sp³-hybridized carbons (Fsp3) is 0.412. The van der Waals surface area contributed by atoms with Gasteiger partial charge in [0, 0.05) is 32.4 Å². The van der Waals surface area contributed by atoms with Gasteiger partial charge in [0.1, 0.15) is 17.2 Å². The zero-order chi connectivity index (χ0) is 18.5. The molecule has 3 rings (SSSR count). The second kappa shape index (κ2) is 7.96. The minimum atomic E-state index is -0.587. The largest absolute Gasteiger partial charge is 0.452 e. The van der Waals surface area contributed by atoms with Crippen molar-refractivity contribution in [3.8, 4) is 0 Å². The predicted molar refractivity (Wildman–Crippen MR) is 94.1 cm³/mol. The first-order chi connectivity index (χ1) is 12.5. The first-order valence-electron chi connectivity index (χ1n) is 8.30. The van der Waals surface area contributed by atoms with Crippen molar-refractivity contribution in [3.05, 3.63) is 35.7 Å². The van der Waals surface area contributed by atoms with Crippen LogP contribution in [-0.2, 0) is 21.3 Å². The van der Waals surface area contributed by atoms with Crippen molar-refractivity contribution in [1.82, 2.24) is 14.8 Å². The molecule has 0 saturated carbocycles. The van der Waals surface area contributed by atoms with Gasteiger partial charge in [0.2, 0.25) is 0 Å². The number of pyridine rings is 1. The number of nitrogens with one attached hydrogen (secondary N) is 1. The second-order valence-corrected chi connectivity index (χ2v) is 5.89. The number of carbonyl (C=O) groups excluding carboxylic acids is 2. The molecule has 1 aliphatic heterocycles. The van der Waals surface area contributed by atoms with Gasteiger partial charge < -0.3 is 19.7 Å². The Labute approximate surface area is 150 Å². The summed E-state index contributed by atoms with van der Waals surface area (Å²) in [7, 11) is 1.72. The number of ether oxygens (including phenoxy) is 2. The van der Waals surface area contributed by atoms with Crippen LogP contribution in [0.4, 0.5) is 11.6 Å². The van der Waals surface area contributed by atoms with E-state index in [2.05, 4.69) is 15.4 Å². The minimum absolute atomic E-state index is 0.332. The molecule has 1 N–H and O–H groups in total. The smallest absolute Gasteiger partial charge is 0.342 e. The van der Waals surface area contributed by atoms with E-state index in [1.165, 1.54) is 0 Å². The molecule has 0 unspecified atom stereocenters. The van der Waals surface area contributed by atoms with Crippen molar-refractivity contribution >= 4 is 23.5 Å². The minimum Gasteiger partial charge on any atom is -0.452 e. The summed E-state index contributed by atoms with van der Waals surface area (Å²) in [4.78, 5) is 30.7. The third-order valence-corrected chi connectivity index (χ3v) is 3.92. The van der Waals surface area contributed by atoms with Crippen LogP contribution in [0.3, 0.4) is 0 Å². The third-order valence-electron chi connectivity index (χ3n) is 3.92. The van der Waals surface area contributed by atoms with Crippen LogP contribution in [0.15, 0.2) is 24.4 Å². The van der Waals surface area contributed by atoms with Crippen LogP contribution in [0.1, 0.15) is 16.1 Å². The van der Waals surface area contributed by atoms with Gasteiger partial charge in [0.25, 0.3) is 5.91 Å². The lowest BCUT2D eigenvalue weighted by Gasteiger charge is -2.28. The van der Waals surface area contributed by atoms with Crippen molar-refractivity contribution in [2.24, 2.45) is 7.05 Å². The lowest BCUT2D eigenvalue weighted by molar-refractivity contribution is -0.119. The van der Waals surface area contributed by atoms with E-state index in [0.29, 0.717) is 43.5 Å². The molecule has 1 saturated heterocycles. The highest BCUT2D eigenvalue weighted by atomic mass is 16.5. The molecule has 0 spiro atoms. The maximum Gasteiger partial charge on any atom is 0.342 e. The maximum absolute atomic E-state index is 12.4. The summed E-state index contributed by atoms with van der Waals surface area (Å²) in [6, 6.07) is 5.04. The summed E-state index contributed by atoms with van der Waals surface area (Å²) >= 11 is 0. The Bertz CT molecular complexity index is 798. The standard InChI is InChI=1S/C17H21N5O4/c1-12-10-14(21(2)20-12)19-15(23)11-26-17(24)13-4-3-5-18-16(13)22-6-8-25-9-7-22/h3-5,10H,6-9,11H2,1-2H3,(H,19,23). The summed E-state index contributed by atoms with van der Waals surface area (Å²) in [6.07, 6.45) is 1.62. The summed E-state index contributed by atoms with van der Waals surface area (Å²) in [5.41, 5.74) is 1.11. The Hall–Kier alpha value is -2.94. The molecule has 9 heteroatoms. The summed E-state index contributed by atoms with van der Waals surface area (Å²) in [5.74, 6) is 0.0662. The van der Waals surface area contributed by atoms with Gasteiger partial charge in [-0.3, -0.25) is 9.48 Å². The molecule has 0 radical (unpaired) electrons. The molecule has 0 atom stereocenters. The van der Waals surface area contributed by atoms with Gasteiger partial charge in [0.15, 0.2) is 6.61 Å². The van der Waals surface area contributed by atoms with Gasteiger partial charge in [-0.15, -0.1) is 0 Å². The molecular weight excluding hydrogens is 338 g/mol. The van der Waals surface area contributed by atoms with Crippen LogP contribution in [0.2, 0.25) is 0 Å². The molecule has 138 valence electrons. The molecule has 9 nitrogen and oxygen atoms in total. The number of esters is 1. The van der Waals surface area contributed by atoms with E-state index in [-0.39, 0.29) is 6.61 Å². The number of hydrogen-bond acceptors (Lipinski definition) is 7. The van der Waals surface area contributed by atoms with Gasteiger partial charge in [-0.25, -0.2) is 9.78 Å². The first-order valence-corrected chi connectivity index (χ1v) is 8.30. The number of anilines is 2. The van der Waals surface area contributed by atoms with E-state index >= 15 is 0 Å². The Morgan fingerprint density at radius 1 is 1.35 bits per heavy atom. The van der Waals surface area contributed by atoms with Crippen LogP contribution >= 0.6 is 0 Å². The van der Waals surface area contributed by atoms with Crippen LogP contribution in [0.25, 0.3) is 0 Å². The number of carbonyl (C=O) groups is 2. The van der Waals surface area contributed by atoms with E-state index in [1.807, 2.05) is 11.8 Å². The molecule has 1 amide bonds. The lowest BCUT2D eigenvalue weighted by atomic mass is 10.2. The van der Waals surface area contributed by atoms with Crippen molar-refractivity contribution in [1.29, 1.82) is 0 Å². The molecule has 2 aromatic heterocycles. The Balaban J connectivity index is 1.61. The van der Waals surface area contributed by atoms with E-state index in [4.69, 9.17) is 9.47 Å². The van der Waals surface area contributed by atoms with Crippen molar-refractivity contribution in [2.75, 3.05) is 43.1 Å². The van der Waals surface area contributed by atoms with E-state index < -0.39 is 11.9 Å². The molecule has 2 aromatic rings. The van der Waals surface area contributed by atoms with Crippen LogP contribution in [0.5, 0.6) is 0 Å². The average Bonchev–Trinajstić information content (AvgIpc) is 2.97. The molecule has 1 fully saturated rings. The summed E-state index contributed by atoms with van der Waals surface area (Å²) in [5, 5.41) is 6.80. The zero-order valence-corrected chi connectivity index (χ0v) is 14.8. The maximum atomic E-state index is 12.4. The normalized spacial score (nSPS) is 14.2. The number of amides is 1. The molecule has 0 aliphatic carbocycles. The van der Waals surface area contributed by atoms with Gasteiger partial charge >= 0.3 is 5.97 Å². The molecule has 0 bridgehead atoms. The Morgan fingerprint density at radius 2 is 2.12 bits per heavy atom. The zero-order valence-electron chi connectivity index (χ0n) is 14.8. The van der Waals surface area contributed by atoms with Crippen LogP contribution < -0.4 is 10.2 Å². The summed E-state index contributed by atoms with van der Waals surface area (Å²) < 4.78 is 12.0. The first kappa shape index (κ1) is 17.9. The Morgan fingerprint density at radius 3 is 2.81 bits per heavy atom. The molecular formula is C17H21N5O4. The number of aryl methyl sites for hydroxylation is 2. The number of morpholine rings is 1. The molecule has 0 aromatic carbocycles. The van der Waals surface area contributed by atoms with Gasteiger partial charge in [-0.05, 0) is 19.1 Å². The molecule has 3 heterocycles. The van der Waals surface area contributed by atoms with Gasteiger partial charge in [-0.2, -0.15) is 5.10 Å². The van der Waals surface area contributed by atoms with E-state index in [9.17, 15) is 9.59 Å². The average molecular weight is 359 g/mol. The topological polar surface area (TPSA) is 98.6 Å². The number of aromatic nitrogens is 3. The van der Waals surface area contributed by atoms with Gasteiger partial charge in [-0.1, -0.05) is 0 Å². The monoisotopic (exact) mass is 359 g/mol. The number of rotatable bonds is 5. The van der Waals surface area contributed by atoms with Crippen molar-refractivity contribution < 1.29 is 19.1 Å². The molecule has 1 aliphatic rings. The highest BCUT2D eigenvalue weighted by Crippen LogP contribution is 2.19. The van der Waals surface area contributed by atoms with E-state index in [1.54, 1.807) is 36.1 Å². The highest BCUT2D eigenvalue weighted by Gasteiger charge is 2.21. The van der Waals surface area contributed by atoms with Crippen molar-refractivity contribution in [2.45, 2.75) is 6.92 Å². The van der Waals surface area contributed by atoms with Crippen LogP contribution in [0, 0.1) is 6.92 Å². The van der Waals surface area contributed by atoms with E-state index in [0.717, 1.165) is 5.69 Å². The van der Waals surface area contributed by atoms with Crippen molar-refractivity contribution in [3.63, 3.8) is 0 Å². The van der Waals surface area contributed by atoms with Gasteiger partial charge in [0.05, 0.1) is 18.9 Å². The predicted octanol–water partition coefficient (Wildman–Crippen LogP) is 0.756. The fourth-order valence-electron chi connectivity index (χ4n) is 2.70. The second-order valence-electron chi connectivity index (χ2n) is 5.89. The Kier molecular flexibility index (Phi) is 5.47. The van der Waals surface area contributed by atoms with Crippen LogP contribution in [-0.4, -0.2) is 59.6 Å².